The van der Waals surface area contributed by atoms with Crippen LogP contribution in [-0.4, -0.2) is 38.6 Å². The molecule has 0 unspecified atom stereocenters. The summed E-state index contributed by atoms with van der Waals surface area (Å²) in [6.45, 7) is 2.62. The summed E-state index contributed by atoms with van der Waals surface area (Å²) >= 11 is 5.92. The molecule has 90 valence electrons. The summed E-state index contributed by atoms with van der Waals surface area (Å²) in [5.74, 6) is -0.220. The molecule has 0 saturated carbocycles. The molecule has 1 aromatic carbocycles. The first-order chi connectivity index (χ1) is 7.61. The molecule has 2 nitrogen and oxygen atoms in total. The van der Waals surface area contributed by atoms with Gasteiger partial charge in [-0.25, -0.2) is 4.39 Å². The second-order valence-electron chi connectivity index (χ2n) is 4.00. The lowest BCUT2D eigenvalue weighted by molar-refractivity contribution is 0.400. The maximum Gasteiger partial charge on any atom is 0.127 e. The van der Waals surface area contributed by atoms with Crippen molar-refractivity contribution in [3.05, 3.63) is 34.6 Å². The zero-order chi connectivity index (χ0) is 12.0. The fourth-order valence-corrected chi connectivity index (χ4v) is 1.67. The summed E-state index contributed by atoms with van der Waals surface area (Å²) in [4.78, 5) is 2.10. The van der Waals surface area contributed by atoms with Gasteiger partial charge < -0.3 is 10.2 Å². The van der Waals surface area contributed by atoms with E-state index in [9.17, 15) is 4.39 Å². The summed E-state index contributed by atoms with van der Waals surface area (Å²) in [5, 5.41) is 3.76. The normalized spacial score (nSPS) is 11.1. The van der Waals surface area contributed by atoms with Gasteiger partial charge in [0.1, 0.15) is 5.82 Å². The van der Waals surface area contributed by atoms with Crippen molar-refractivity contribution in [3.63, 3.8) is 0 Å². The van der Waals surface area contributed by atoms with Crippen LogP contribution in [0.15, 0.2) is 18.2 Å². The number of likely N-dealkylation sites (N-methyl/N-ethyl adjacent to an activating group) is 1. The average molecular weight is 245 g/mol. The zero-order valence-corrected chi connectivity index (χ0v) is 10.5. The van der Waals surface area contributed by atoms with Crippen molar-refractivity contribution in [2.24, 2.45) is 0 Å². The number of nitrogens with one attached hydrogen (secondary N) is 1. The van der Waals surface area contributed by atoms with E-state index in [0.29, 0.717) is 17.0 Å². The van der Waals surface area contributed by atoms with Gasteiger partial charge in [0, 0.05) is 23.7 Å². The molecule has 1 aromatic rings. The van der Waals surface area contributed by atoms with Crippen molar-refractivity contribution in [1.82, 2.24) is 10.2 Å². The lowest BCUT2D eigenvalue weighted by Crippen LogP contribution is -2.28. The predicted molar refractivity (Wildman–Crippen MR) is 66.5 cm³/mol. The average Bonchev–Trinajstić information content (AvgIpc) is 2.21. The molecule has 0 spiro atoms. The van der Waals surface area contributed by atoms with Gasteiger partial charge in [-0.2, -0.15) is 0 Å². The van der Waals surface area contributed by atoms with E-state index in [4.69, 9.17) is 11.6 Å². The first-order valence-electron chi connectivity index (χ1n) is 5.39. The number of benzene rings is 1. The van der Waals surface area contributed by atoms with Gasteiger partial charge in [-0.3, -0.25) is 0 Å². The topological polar surface area (TPSA) is 15.3 Å². The van der Waals surface area contributed by atoms with Gasteiger partial charge in [0.2, 0.25) is 0 Å². The first kappa shape index (κ1) is 13.4. The molecule has 0 atom stereocenters. The molecule has 0 aliphatic rings. The van der Waals surface area contributed by atoms with Crippen LogP contribution in [0.1, 0.15) is 5.56 Å². The maximum atomic E-state index is 13.4. The molecule has 0 aromatic heterocycles. The number of nitrogens with zero attached hydrogens (tertiary/aromatic N) is 1. The monoisotopic (exact) mass is 244 g/mol. The highest BCUT2D eigenvalue weighted by atomic mass is 35.5. The lowest BCUT2D eigenvalue weighted by Gasteiger charge is -2.11. The molecule has 0 aliphatic heterocycles. The van der Waals surface area contributed by atoms with Gasteiger partial charge in [-0.05, 0) is 39.2 Å². The minimum atomic E-state index is -0.220. The molecule has 0 saturated heterocycles. The predicted octanol–water partition coefficient (Wildman–Crippen LogP) is 2.17. The first-order valence-corrected chi connectivity index (χ1v) is 5.77. The minimum Gasteiger partial charge on any atom is -0.315 e. The van der Waals surface area contributed by atoms with Crippen molar-refractivity contribution in [2.45, 2.75) is 6.42 Å². The van der Waals surface area contributed by atoms with Crippen molar-refractivity contribution < 1.29 is 4.39 Å². The zero-order valence-electron chi connectivity index (χ0n) is 9.76. The van der Waals surface area contributed by atoms with Crippen LogP contribution in [-0.2, 0) is 6.42 Å². The van der Waals surface area contributed by atoms with Crippen LogP contribution in [0, 0.1) is 5.82 Å². The van der Waals surface area contributed by atoms with Crippen LogP contribution in [0.3, 0.4) is 0 Å². The molecule has 4 heteroatoms. The van der Waals surface area contributed by atoms with Gasteiger partial charge in [-0.1, -0.05) is 17.7 Å². The van der Waals surface area contributed by atoms with Crippen molar-refractivity contribution >= 4 is 11.6 Å². The number of halogens is 2. The molecule has 1 rings (SSSR count). The summed E-state index contributed by atoms with van der Waals surface area (Å²) in [6.07, 6.45) is 0.624. The molecule has 0 amide bonds. The Hall–Kier alpha value is -0.640. The van der Waals surface area contributed by atoms with E-state index >= 15 is 0 Å². The van der Waals surface area contributed by atoms with Crippen molar-refractivity contribution in [3.8, 4) is 0 Å². The van der Waals surface area contributed by atoms with E-state index in [0.717, 1.165) is 19.6 Å². The Bertz CT molecular complexity index is 309. The third-order valence-corrected chi connectivity index (χ3v) is 2.70. The summed E-state index contributed by atoms with van der Waals surface area (Å²) in [5.41, 5.74) is 0.599. The molecule has 0 fully saturated rings. The molecule has 0 radical (unpaired) electrons. The van der Waals surface area contributed by atoms with E-state index < -0.39 is 0 Å². The highest BCUT2D eigenvalue weighted by Gasteiger charge is 2.05. The van der Waals surface area contributed by atoms with E-state index in [2.05, 4.69) is 10.2 Å². The highest BCUT2D eigenvalue weighted by Crippen LogP contribution is 2.18. The Morgan fingerprint density at radius 3 is 2.69 bits per heavy atom. The second-order valence-corrected chi connectivity index (χ2v) is 4.41. The molecular weight excluding hydrogens is 227 g/mol. The van der Waals surface area contributed by atoms with E-state index in [1.165, 1.54) is 6.07 Å². The third kappa shape index (κ3) is 4.47. The summed E-state index contributed by atoms with van der Waals surface area (Å²) in [7, 11) is 4.05. The molecule has 1 N–H and O–H groups in total. The van der Waals surface area contributed by atoms with E-state index in [1.807, 2.05) is 14.1 Å². The van der Waals surface area contributed by atoms with Gasteiger partial charge in [0.15, 0.2) is 0 Å². The van der Waals surface area contributed by atoms with Gasteiger partial charge in [0.25, 0.3) is 0 Å². The Balaban J connectivity index is 2.32. The second kappa shape index (κ2) is 6.84. The summed E-state index contributed by atoms with van der Waals surface area (Å²) in [6, 6.07) is 4.79. The largest absolute Gasteiger partial charge is 0.315 e. The molecular formula is C12H18ClFN2. The van der Waals surface area contributed by atoms with E-state index in [-0.39, 0.29) is 5.82 Å². The van der Waals surface area contributed by atoms with Crippen molar-refractivity contribution in [2.75, 3.05) is 33.7 Å². The third-order valence-electron chi connectivity index (χ3n) is 2.35. The van der Waals surface area contributed by atoms with Crippen LogP contribution in [0.5, 0.6) is 0 Å². The number of hydrogen-bond acceptors (Lipinski definition) is 2. The molecule has 0 bridgehead atoms. The van der Waals surface area contributed by atoms with Crippen LogP contribution < -0.4 is 5.32 Å². The van der Waals surface area contributed by atoms with Crippen LogP contribution >= 0.6 is 11.6 Å². The SMILES string of the molecule is CN(C)CCNCCc1c(F)cccc1Cl. The van der Waals surface area contributed by atoms with Gasteiger partial charge in [0.05, 0.1) is 0 Å². The van der Waals surface area contributed by atoms with Gasteiger partial charge >= 0.3 is 0 Å². The Morgan fingerprint density at radius 2 is 2.06 bits per heavy atom. The Labute approximate surface area is 101 Å². The van der Waals surface area contributed by atoms with Crippen molar-refractivity contribution in [1.29, 1.82) is 0 Å². The van der Waals surface area contributed by atoms with Crippen LogP contribution in [0.25, 0.3) is 0 Å². The Morgan fingerprint density at radius 1 is 1.31 bits per heavy atom. The number of hydrogen-bond donors (Lipinski definition) is 1. The quantitative estimate of drug-likeness (QED) is 0.772. The number of rotatable bonds is 6. The minimum absolute atomic E-state index is 0.220. The fraction of sp³-hybridized carbons (Fsp3) is 0.500. The highest BCUT2D eigenvalue weighted by molar-refractivity contribution is 6.31. The fourth-order valence-electron chi connectivity index (χ4n) is 1.41. The van der Waals surface area contributed by atoms with E-state index in [1.54, 1.807) is 12.1 Å². The standard InChI is InChI=1S/C12H18ClFN2/c1-16(2)9-8-15-7-6-10-11(13)4-3-5-12(10)14/h3-5,15H,6-9H2,1-2H3. The molecule has 16 heavy (non-hydrogen) atoms. The molecule has 0 aliphatic carbocycles. The summed E-state index contributed by atoms with van der Waals surface area (Å²) < 4.78 is 13.4. The van der Waals surface area contributed by atoms with Crippen LogP contribution in [0.4, 0.5) is 4.39 Å². The molecule has 0 heterocycles. The lowest BCUT2D eigenvalue weighted by atomic mass is 10.1. The maximum absolute atomic E-state index is 13.4. The smallest absolute Gasteiger partial charge is 0.127 e. The Kier molecular flexibility index (Phi) is 5.74. The van der Waals surface area contributed by atoms with Gasteiger partial charge in [-0.15, -0.1) is 0 Å². The van der Waals surface area contributed by atoms with Crippen LogP contribution in [0.2, 0.25) is 5.02 Å².